The van der Waals surface area contributed by atoms with Gasteiger partial charge in [-0.05, 0) is 94.2 Å². The Kier molecular flexibility index (Phi) is 6.18. The molecule has 0 N–H and O–H groups in total. The Morgan fingerprint density at radius 1 is 0.367 bits per heavy atom. The monoisotopic (exact) mass is 627 g/mol. The third-order valence-corrected chi connectivity index (χ3v) is 9.65. The number of furan rings is 2. The Morgan fingerprint density at radius 2 is 0.959 bits per heavy atom. The lowest BCUT2D eigenvalue weighted by atomic mass is 9.91. The van der Waals surface area contributed by atoms with Gasteiger partial charge in [-0.15, -0.1) is 0 Å². The molecule has 2 heterocycles. The van der Waals surface area contributed by atoms with Crippen LogP contribution in [0.15, 0.2) is 185 Å². The second-order valence-corrected chi connectivity index (χ2v) is 12.5. The average Bonchev–Trinajstić information content (AvgIpc) is 3.74. The van der Waals surface area contributed by atoms with Crippen molar-refractivity contribution < 1.29 is 8.83 Å². The summed E-state index contributed by atoms with van der Waals surface area (Å²) in [6, 6.07) is 61.9. The maximum absolute atomic E-state index is 6.88. The molecule has 10 rings (SSSR count). The molecule has 49 heavy (non-hydrogen) atoms. The van der Waals surface area contributed by atoms with Gasteiger partial charge in [-0.1, -0.05) is 109 Å². The van der Waals surface area contributed by atoms with Gasteiger partial charge in [0.05, 0.1) is 0 Å². The molecule has 0 atom stereocenters. The zero-order valence-corrected chi connectivity index (χ0v) is 26.5. The normalized spacial score (nSPS) is 11.7. The molecular weight excluding hydrogens is 599 g/mol. The van der Waals surface area contributed by atoms with Crippen LogP contribution in [0.2, 0.25) is 0 Å². The molecule has 3 nitrogen and oxygen atoms in total. The Labute approximate surface area is 282 Å². The van der Waals surface area contributed by atoms with E-state index < -0.39 is 0 Å². The van der Waals surface area contributed by atoms with Crippen LogP contribution in [0, 0.1) is 0 Å². The molecule has 8 aromatic carbocycles. The minimum absolute atomic E-state index is 0.849. The summed E-state index contributed by atoms with van der Waals surface area (Å²) in [7, 11) is 0. The van der Waals surface area contributed by atoms with Crippen molar-refractivity contribution in [3.8, 4) is 22.3 Å². The van der Waals surface area contributed by atoms with Crippen LogP contribution in [0.3, 0.4) is 0 Å². The lowest BCUT2D eigenvalue weighted by molar-refractivity contribution is 0.663. The fraction of sp³-hybridized carbons (Fsp3) is 0. The highest BCUT2D eigenvalue weighted by atomic mass is 16.3. The van der Waals surface area contributed by atoms with Gasteiger partial charge >= 0.3 is 0 Å². The van der Waals surface area contributed by atoms with E-state index in [0.29, 0.717) is 0 Å². The van der Waals surface area contributed by atoms with Gasteiger partial charge in [0.25, 0.3) is 0 Å². The van der Waals surface area contributed by atoms with E-state index in [2.05, 4.69) is 157 Å². The molecule has 230 valence electrons. The van der Waals surface area contributed by atoms with Crippen LogP contribution in [0.25, 0.3) is 76.9 Å². The molecule has 10 aromatic rings. The Morgan fingerprint density at radius 3 is 1.71 bits per heavy atom. The highest BCUT2D eigenvalue weighted by Crippen LogP contribution is 2.46. The topological polar surface area (TPSA) is 29.5 Å². The molecule has 0 spiro atoms. The second kappa shape index (κ2) is 11.0. The minimum Gasteiger partial charge on any atom is -0.456 e. The van der Waals surface area contributed by atoms with E-state index in [1.54, 1.807) is 0 Å². The molecule has 0 saturated carbocycles. The van der Waals surface area contributed by atoms with Gasteiger partial charge in [0.15, 0.2) is 0 Å². The summed E-state index contributed by atoms with van der Waals surface area (Å²) < 4.78 is 13.2. The summed E-state index contributed by atoms with van der Waals surface area (Å²) >= 11 is 0. The van der Waals surface area contributed by atoms with E-state index in [-0.39, 0.29) is 0 Å². The van der Waals surface area contributed by atoms with Crippen LogP contribution in [-0.2, 0) is 0 Å². The molecular formula is C46H29NO2. The van der Waals surface area contributed by atoms with Crippen LogP contribution in [0.5, 0.6) is 0 Å². The summed E-state index contributed by atoms with van der Waals surface area (Å²) in [5, 5.41) is 6.77. The first-order valence-electron chi connectivity index (χ1n) is 16.6. The van der Waals surface area contributed by atoms with Crippen LogP contribution in [0.4, 0.5) is 17.1 Å². The number of fused-ring (bicyclic) bond motifs is 8. The van der Waals surface area contributed by atoms with Crippen molar-refractivity contribution in [2.75, 3.05) is 4.90 Å². The van der Waals surface area contributed by atoms with Crippen LogP contribution in [-0.4, -0.2) is 0 Å². The van der Waals surface area contributed by atoms with E-state index >= 15 is 0 Å². The maximum atomic E-state index is 6.88. The zero-order chi connectivity index (χ0) is 32.3. The molecule has 0 unspecified atom stereocenters. The van der Waals surface area contributed by atoms with Crippen molar-refractivity contribution in [1.29, 1.82) is 0 Å². The number of hydrogen-bond acceptors (Lipinski definition) is 3. The van der Waals surface area contributed by atoms with Crippen LogP contribution >= 0.6 is 0 Å². The van der Waals surface area contributed by atoms with Gasteiger partial charge in [0.1, 0.15) is 22.3 Å². The molecule has 0 radical (unpaired) electrons. The fourth-order valence-electron chi connectivity index (χ4n) is 7.41. The number of benzene rings is 8. The summed E-state index contributed by atoms with van der Waals surface area (Å²) in [4.78, 5) is 2.29. The molecule has 0 amide bonds. The number of anilines is 3. The molecule has 2 aromatic heterocycles. The van der Waals surface area contributed by atoms with Crippen LogP contribution < -0.4 is 4.90 Å². The smallest absolute Gasteiger partial charge is 0.143 e. The van der Waals surface area contributed by atoms with Gasteiger partial charge in [-0.25, -0.2) is 0 Å². The van der Waals surface area contributed by atoms with Gasteiger partial charge in [0, 0.05) is 44.2 Å². The van der Waals surface area contributed by atoms with Crippen molar-refractivity contribution in [2.45, 2.75) is 0 Å². The lowest BCUT2D eigenvalue weighted by Crippen LogP contribution is -2.09. The summed E-state index contributed by atoms with van der Waals surface area (Å²) in [5.74, 6) is 0. The molecule has 0 aliphatic carbocycles. The van der Waals surface area contributed by atoms with Gasteiger partial charge in [-0.3, -0.25) is 0 Å². The van der Waals surface area contributed by atoms with E-state index in [1.807, 2.05) is 24.3 Å². The Balaban J connectivity index is 1.22. The first kappa shape index (κ1) is 27.5. The minimum atomic E-state index is 0.849. The average molecular weight is 628 g/mol. The molecule has 0 saturated heterocycles. The number of para-hydroxylation sites is 3. The third-order valence-electron chi connectivity index (χ3n) is 9.65. The molecule has 0 fully saturated rings. The van der Waals surface area contributed by atoms with Gasteiger partial charge < -0.3 is 13.7 Å². The van der Waals surface area contributed by atoms with Gasteiger partial charge in [0.2, 0.25) is 0 Å². The quantitative estimate of drug-likeness (QED) is 0.190. The molecule has 0 aliphatic heterocycles. The van der Waals surface area contributed by atoms with Crippen molar-refractivity contribution in [1.82, 2.24) is 0 Å². The predicted octanol–water partition coefficient (Wildman–Crippen LogP) is 13.4. The van der Waals surface area contributed by atoms with E-state index in [4.69, 9.17) is 8.83 Å². The van der Waals surface area contributed by atoms with E-state index in [1.165, 1.54) is 10.8 Å². The molecule has 3 heteroatoms. The first-order chi connectivity index (χ1) is 24.3. The zero-order valence-electron chi connectivity index (χ0n) is 26.5. The van der Waals surface area contributed by atoms with Crippen LogP contribution in [0.1, 0.15) is 0 Å². The SMILES string of the molecule is c1ccc(N(c2ccccc2)c2ccc(-c3c(-c4ccc5ccccc5c4)ccc4c3oc3ccc5oc6ccccc6c5c34)cc2)cc1. The lowest BCUT2D eigenvalue weighted by Gasteiger charge is -2.25. The number of rotatable bonds is 5. The van der Waals surface area contributed by atoms with Crippen molar-refractivity contribution in [3.05, 3.63) is 176 Å². The Hall–Kier alpha value is -6.58. The highest BCUT2D eigenvalue weighted by Gasteiger charge is 2.22. The molecule has 0 bridgehead atoms. The van der Waals surface area contributed by atoms with Crippen molar-refractivity contribution >= 4 is 71.7 Å². The molecule has 0 aliphatic rings. The van der Waals surface area contributed by atoms with E-state index in [9.17, 15) is 0 Å². The largest absolute Gasteiger partial charge is 0.456 e. The summed E-state index contributed by atoms with van der Waals surface area (Å²) in [6.45, 7) is 0. The van der Waals surface area contributed by atoms with Gasteiger partial charge in [-0.2, -0.15) is 0 Å². The number of nitrogens with zero attached hydrogens (tertiary/aromatic N) is 1. The second-order valence-electron chi connectivity index (χ2n) is 12.5. The van der Waals surface area contributed by atoms with Crippen molar-refractivity contribution in [2.24, 2.45) is 0 Å². The predicted molar refractivity (Wildman–Crippen MR) is 204 cm³/mol. The first-order valence-corrected chi connectivity index (χ1v) is 16.6. The maximum Gasteiger partial charge on any atom is 0.143 e. The summed E-state index contributed by atoms with van der Waals surface area (Å²) in [6.07, 6.45) is 0. The standard InChI is InChI=1S/C46H29NO2/c1-3-13-34(14-4-1)47(35-15-5-2-6-16-35)36-23-21-31(22-24-36)43-37(33-20-19-30-11-7-8-12-32(30)29-33)25-26-39-45-42(49-46(39)43)28-27-41-44(45)38-17-9-10-18-40(38)48-41/h1-29H. The van der Waals surface area contributed by atoms with E-state index in [0.717, 1.165) is 83.2 Å². The summed E-state index contributed by atoms with van der Waals surface area (Å²) in [5.41, 5.74) is 11.2. The Bertz CT molecular complexity index is 2770. The van der Waals surface area contributed by atoms with Crippen molar-refractivity contribution in [3.63, 3.8) is 0 Å². The number of hydrogen-bond donors (Lipinski definition) is 0. The fourth-order valence-corrected chi connectivity index (χ4v) is 7.41. The highest BCUT2D eigenvalue weighted by molar-refractivity contribution is 6.27. The third kappa shape index (κ3) is 4.44.